The van der Waals surface area contributed by atoms with Crippen molar-refractivity contribution in [1.29, 1.82) is 0 Å². The Labute approximate surface area is 151 Å². The fraction of sp³-hybridized carbons (Fsp3) is 0.550. The van der Waals surface area contributed by atoms with E-state index in [1.54, 1.807) is 0 Å². The Morgan fingerprint density at radius 1 is 1.28 bits per heavy atom. The fourth-order valence-electron chi connectivity index (χ4n) is 3.62. The van der Waals surface area contributed by atoms with E-state index < -0.39 is 0 Å². The summed E-state index contributed by atoms with van der Waals surface area (Å²) in [7, 11) is 6.18. The van der Waals surface area contributed by atoms with E-state index in [1.807, 2.05) is 11.7 Å². The highest BCUT2D eigenvalue weighted by Crippen LogP contribution is 2.30. The van der Waals surface area contributed by atoms with Gasteiger partial charge in [0.15, 0.2) is 0 Å². The van der Waals surface area contributed by atoms with Crippen LogP contribution in [0, 0.1) is 0 Å². The van der Waals surface area contributed by atoms with E-state index in [1.165, 1.54) is 28.2 Å². The minimum Gasteiger partial charge on any atom is -0.493 e. The third-order valence-corrected chi connectivity index (χ3v) is 4.91. The number of ether oxygens (including phenoxy) is 1. The molecule has 0 saturated carbocycles. The van der Waals surface area contributed by atoms with Gasteiger partial charge in [0.05, 0.1) is 12.3 Å². The van der Waals surface area contributed by atoms with Gasteiger partial charge in [-0.1, -0.05) is 26.0 Å². The summed E-state index contributed by atoms with van der Waals surface area (Å²) in [5.74, 6) is 2.62. The molecule has 1 aromatic heterocycles. The number of benzene rings is 1. The molecule has 136 valence electrons. The third kappa shape index (κ3) is 3.52. The molecule has 0 spiro atoms. The number of hydrogen-bond acceptors (Lipinski definition) is 4. The zero-order chi connectivity index (χ0) is 18.1. The predicted molar refractivity (Wildman–Crippen MR) is 103 cm³/mol. The molecule has 2 heterocycles. The van der Waals surface area contributed by atoms with Crippen LogP contribution in [-0.4, -0.2) is 30.5 Å². The molecule has 0 amide bonds. The Morgan fingerprint density at radius 2 is 2.04 bits per heavy atom. The summed E-state index contributed by atoms with van der Waals surface area (Å²) in [5.41, 5.74) is 5.10. The van der Waals surface area contributed by atoms with E-state index in [-0.39, 0.29) is 6.04 Å². The van der Waals surface area contributed by atoms with Crippen molar-refractivity contribution in [2.75, 3.05) is 25.6 Å². The second-order valence-corrected chi connectivity index (χ2v) is 7.43. The number of aromatic nitrogens is 2. The van der Waals surface area contributed by atoms with Gasteiger partial charge in [0.1, 0.15) is 11.6 Å². The second-order valence-electron chi connectivity index (χ2n) is 7.43. The molecular formula is C20H30N4O. The number of rotatable bonds is 6. The molecule has 2 aromatic rings. The summed E-state index contributed by atoms with van der Waals surface area (Å²) in [5, 5.41) is 8.44. The van der Waals surface area contributed by atoms with Crippen LogP contribution in [0.25, 0.3) is 0 Å². The van der Waals surface area contributed by atoms with Crippen molar-refractivity contribution in [3.63, 3.8) is 0 Å². The number of hydrogen-bond donors (Lipinski definition) is 1. The highest BCUT2D eigenvalue weighted by Gasteiger charge is 2.21. The lowest BCUT2D eigenvalue weighted by Gasteiger charge is -2.19. The molecule has 1 aliphatic rings. The van der Waals surface area contributed by atoms with Crippen LogP contribution in [0.3, 0.4) is 0 Å². The molecule has 0 bridgehead atoms. The predicted octanol–water partition coefficient (Wildman–Crippen LogP) is 3.40. The average Bonchev–Trinajstić information content (AvgIpc) is 3.15. The van der Waals surface area contributed by atoms with E-state index in [0.29, 0.717) is 5.92 Å². The monoisotopic (exact) mass is 342 g/mol. The van der Waals surface area contributed by atoms with Gasteiger partial charge >= 0.3 is 0 Å². The van der Waals surface area contributed by atoms with Gasteiger partial charge in [-0.05, 0) is 30.0 Å². The number of nitrogens with zero attached hydrogens (tertiary/aromatic N) is 3. The quantitative estimate of drug-likeness (QED) is 0.874. The van der Waals surface area contributed by atoms with Crippen molar-refractivity contribution in [3.8, 4) is 5.75 Å². The first-order chi connectivity index (χ1) is 11.9. The van der Waals surface area contributed by atoms with Gasteiger partial charge in [0.2, 0.25) is 0 Å². The molecule has 0 aliphatic carbocycles. The molecule has 1 aliphatic heterocycles. The fourth-order valence-corrected chi connectivity index (χ4v) is 3.62. The van der Waals surface area contributed by atoms with Crippen molar-refractivity contribution >= 4 is 5.82 Å². The number of fused-ring (bicyclic) bond motifs is 1. The number of aryl methyl sites for hydroxylation is 1. The van der Waals surface area contributed by atoms with Crippen LogP contribution in [0.4, 0.5) is 5.82 Å². The molecular weight excluding hydrogens is 312 g/mol. The maximum Gasteiger partial charge on any atom is 0.130 e. The van der Waals surface area contributed by atoms with Gasteiger partial charge in [-0.3, -0.25) is 4.68 Å². The molecule has 3 rings (SSSR count). The zero-order valence-corrected chi connectivity index (χ0v) is 16.3. The smallest absolute Gasteiger partial charge is 0.130 e. The molecule has 0 saturated heterocycles. The Balaban J connectivity index is 1.79. The van der Waals surface area contributed by atoms with E-state index >= 15 is 0 Å². The van der Waals surface area contributed by atoms with Crippen molar-refractivity contribution in [2.45, 2.75) is 45.7 Å². The van der Waals surface area contributed by atoms with Crippen LogP contribution in [-0.2, 0) is 20.0 Å². The summed E-state index contributed by atoms with van der Waals surface area (Å²) in [6.07, 6.45) is 1.01. The molecule has 1 aromatic carbocycles. The molecule has 0 fully saturated rings. The Hall–Kier alpha value is -2.01. The molecule has 0 radical (unpaired) electrons. The highest BCUT2D eigenvalue weighted by atomic mass is 16.5. The first kappa shape index (κ1) is 17.8. The summed E-state index contributed by atoms with van der Waals surface area (Å²) in [4.78, 5) is 2.15. The van der Waals surface area contributed by atoms with E-state index in [2.05, 4.69) is 63.3 Å². The van der Waals surface area contributed by atoms with E-state index in [0.717, 1.165) is 25.3 Å². The largest absolute Gasteiger partial charge is 0.493 e. The first-order valence-corrected chi connectivity index (χ1v) is 9.10. The standard InChI is InChI=1S/C20H30N4O/c1-13(2)19-17(20(23(4)5)24(6)22-19)12-21-14(3)15-7-8-18-16(11-15)9-10-25-18/h7-8,11,13-14,21H,9-10,12H2,1-6H3. The van der Waals surface area contributed by atoms with Crippen molar-refractivity contribution in [3.05, 3.63) is 40.6 Å². The lowest BCUT2D eigenvalue weighted by Crippen LogP contribution is -2.21. The average molecular weight is 342 g/mol. The topological polar surface area (TPSA) is 42.3 Å². The van der Waals surface area contributed by atoms with E-state index in [4.69, 9.17) is 9.84 Å². The van der Waals surface area contributed by atoms with Crippen LogP contribution >= 0.6 is 0 Å². The minimum atomic E-state index is 0.279. The molecule has 1 unspecified atom stereocenters. The lowest BCUT2D eigenvalue weighted by molar-refractivity contribution is 0.356. The minimum absolute atomic E-state index is 0.279. The van der Waals surface area contributed by atoms with Gasteiger partial charge in [0, 0.05) is 45.7 Å². The van der Waals surface area contributed by atoms with Crippen LogP contribution < -0.4 is 15.0 Å². The Kier molecular flexibility index (Phi) is 5.04. The molecule has 5 heteroatoms. The highest BCUT2D eigenvalue weighted by molar-refractivity contribution is 5.50. The summed E-state index contributed by atoms with van der Waals surface area (Å²) in [6.45, 7) is 8.24. The Morgan fingerprint density at radius 3 is 2.72 bits per heavy atom. The molecule has 1 atom stereocenters. The molecule has 25 heavy (non-hydrogen) atoms. The van der Waals surface area contributed by atoms with Crippen LogP contribution in [0.2, 0.25) is 0 Å². The van der Waals surface area contributed by atoms with Gasteiger partial charge < -0.3 is 15.0 Å². The number of anilines is 1. The van der Waals surface area contributed by atoms with Gasteiger partial charge in [-0.2, -0.15) is 5.10 Å². The maximum absolute atomic E-state index is 5.61. The van der Waals surface area contributed by atoms with Crippen LogP contribution in [0.1, 0.15) is 55.1 Å². The molecule has 1 N–H and O–H groups in total. The zero-order valence-electron chi connectivity index (χ0n) is 16.3. The lowest BCUT2D eigenvalue weighted by atomic mass is 10.0. The summed E-state index contributed by atoms with van der Waals surface area (Å²) >= 11 is 0. The normalized spacial score (nSPS) is 14.5. The van der Waals surface area contributed by atoms with Crippen LogP contribution in [0.15, 0.2) is 18.2 Å². The Bertz CT molecular complexity index is 748. The van der Waals surface area contributed by atoms with Crippen LogP contribution in [0.5, 0.6) is 5.75 Å². The summed E-state index contributed by atoms with van der Waals surface area (Å²) < 4.78 is 7.60. The first-order valence-electron chi connectivity index (χ1n) is 9.10. The third-order valence-electron chi connectivity index (χ3n) is 4.91. The van der Waals surface area contributed by atoms with Crippen molar-refractivity contribution in [1.82, 2.24) is 15.1 Å². The summed E-state index contributed by atoms with van der Waals surface area (Å²) in [6, 6.07) is 6.83. The van der Waals surface area contributed by atoms with Crippen molar-refractivity contribution in [2.24, 2.45) is 7.05 Å². The SMILES string of the molecule is CC(C)c1nn(C)c(N(C)C)c1CNC(C)c1ccc2c(c1)CCO2. The van der Waals surface area contributed by atoms with E-state index in [9.17, 15) is 0 Å². The maximum atomic E-state index is 5.61. The molecule has 5 nitrogen and oxygen atoms in total. The van der Waals surface area contributed by atoms with Gasteiger partial charge in [-0.15, -0.1) is 0 Å². The second kappa shape index (κ2) is 7.08. The van der Waals surface area contributed by atoms with Crippen molar-refractivity contribution < 1.29 is 4.74 Å². The van der Waals surface area contributed by atoms with Gasteiger partial charge in [0.25, 0.3) is 0 Å². The number of nitrogens with one attached hydrogen (secondary N) is 1. The van der Waals surface area contributed by atoms with Gasteiger partial charge in [-0.25, -0.2) is 0 Å².